The first-order chi connectivity index (χ1) is 15.3. The van der Waals surface area contributed by atoms with Gasteiger partial charge in [-0.05, 0) is 42.9 Å². The van der Waals surface area contributed by atoms with Gasteiger partial charge < -0.3 is 19.6 Å². The zero-order valence-corrected chi connectivity index (χ0v) is 19.7. The van der Waals surface area contributed by atoms with Crippen LogP contribution in [0.4, 0.5) is 0 Å². The quantitative estimate of drug-likeness (QED) is 0.349. The number of amides is 1. The summed E-state index contributed by atoms with van der Waals surface area (Å²) in [5, 5.41) is 11.7. The molecule has 0 spiro atoms. The van der Waals surface area contributed by atoms with Gasteiger partial charge in [0.1, 0.15) is 11.5 Å². The molecule has 1 amide bonds. The first kappa shape index (κ1) is 24.0. The number of carbonyl (C=O) groups excluding carboxylic acids is 2. The molecule has 7 nitrogen and oxygen atoms in total. The van der Waals surface area contributed by atoms with Crippen LogP contribution in [-0.4, -0.2) is 64.9 Å². The van der Waals surface area contributed by atoms with Gasteiger partial charge in [-0.1, -0.05) is 37.0 Å². The van der Waals surface area contributed by atoms with E-state index in [9.17, 15) is 14.7 Å². The predicted octanol–water partition coefficient (Wildman–Crippen LogP) is 4.16. The summed E-state index contributed by atoms with van der Waals surface area (Å²) in [6, 6.07) is 5.58. The van der Waals surface area contributed by atoms with E-state index in [2.05, 4.69) is 9.88 Å². The van der Waals surface area contributed by atoms with E-state index >= 15 is 0 Å². The highest BCUT2D eigenvalue weighted by molar-refractivity contribution is 6.46. The summed E-state index contributed by atoms with van der Waals surface area (Å²) < 4.78 is 5.34. The molecule has 1 unspecified atom stereocenters. The fourth-order valence-corrected chi connectivity index (χ4v) is 4.45. The zero-order valence-electron chi connectivity index (χ0n) is 18.1. The third-order valence-corrected chi connectivity index (χ3v) is 6.08. The molecule has 1 N–H and O–H groups in total. The maximum absolute atomic E-state index is 13.1. The lowest BCUT2D eigenvalue weighted by molar-refractivity contribution is -0.140. The van der Waals surface area contributed by atoms with E-state index in [-0.39, 0.29) is 26.9 Å². The number of likely N-dealkylation sites (tertiary alicyclic amines) is 1. The highest BCUT2D eigenvalue weighted by Crippen LogP contribution is 2.43. The lowest BCUT2D eigenvalue weighted by atomic mass is 9.95. The van der Waals surface area contributed by atoms with E-state index in [1.54, 1.807) is 24.5 Å². The maximum atomic E-state index is 13.1. The van der Waals surface area contributed by atoms with Crippen LogP contribution in [0, 0.1) is 0 Å². The average Bonchev–Trinajstić information content (AvgIpc) is 3.04. The van der Waals surface area contributed by atoms with Gasteiger partial charge in [0.2, 0.25) is 0 Å². The third-order valence-electron chi connectivity index (χ3n) is 5.58. The Morgan fingerprint density at radius 1 is 1.19 bits per heavy atom. The van der Waals surface area contributed by atoms with Gasteiger partial charge in [0.25, 0.3) is 11.7 Å². The molecule has 1 saturated heterocycles. The van der Waals surface area contributed by atoms with Gasteiger partial charge in [-0.3, -0.25) is 14.6 Å². The van der Waals surface area contributed by atoms with E-state index < -0.39 is 23.5 Å². The number of ketones is 1. The van der Waals surface area contributed by atoms with Crippen LogP contribution < -0.4 is 4.74 Å². The second-order valence-electron chi connectivity index (χ2n) is 7.27. The van der Waals surface area contributed by atoms with E-state index in [0.29, 0.717) is 18.7 Å². The summed E-state index contributed by atoms with van der Waals surface area (Å²) in [6.07, 6.45) is 3.16. The van der Waals surface area contributed by atoms with Gasteiger partial charge in [-0.25, -0.2) is 0 Å². The number of likely N-dealkylation sites (N-methyl/N-ethyl adjacent to an activating group) is 1. The Morgan fingerprint density at radius 2 is 1.84 bits per heavy atom. The fraction of sp³-hybridized carbons (Fsp3) is 0.348. The predicted molar refractivity (Wildman–Crippen MR) is 124 cm³/mol. The zero-order chi connectivity index (χ0) is 23.4. The van der Waals surface area contributed by atoms with Crippen LogP contribution in [0.25, 0.3) is 5.76 Å². The number of aliphatic hydroxyl groups excluding tert-OH is 1. The molecular weight excluding hydrogens is 453 g/mol. The molecule has 0 bridgehead atoms. The molecule has 170 valence electrons. The summed E-state index contributed by atoms with van der Waals surface area (Å²) in [5.74, 6) is -1.68. The van der Waals surface area contributed by atoms with Crippen molar-refractivity contribution in [2.45, 2.75) is 19.9 Å². The van der Waals surface area contributed by atoms with Crippen molar-refractivity contribution in [3.8, 4) is 5.75 Å². The monoisotopic (exact) mass is 477 g/mol. The number of carbonyl (C=O) groups is 2. The summed E-state index contributed by atoms with van der Waals surface area (Å²) in [7, 11) is 1.40. The van der Waals surface area contributed by atoms with Crippen molar-refractivity contribution < 1.29 is 19.4 Å². The average molecular weight is 478 g/mol. The molecule has 1 atom stereocenters. The molecule has 1 aromatic carbocycles. The van der Waals surface area contributed by atoms with E-state index in [4.69, 9.17) is 27.9 Å². The van der Waals surface area contributed by atoms with Crippen molar-refractivity contribution in [3.63, 3.8) is 0 Å². The molecule has 2 aromatic rings. The van der Waals surface area contributed by atoms with E-state index in [1.165, 1.54) is 24.1 Å². The summed E-state index contributed by atoms with van der Waals surface area (Å²) in [4.78, 5) is 33.8. The Morgan fingerprint density at radius 3 is 2.44 bits per heavy atom. The van der Waals surface area contributed by atoms with Gasteiger partial charge in [-0.15, -0.1) is 0 Å². The minimum absolute atomic E-state index is 0.0441. The van der Waals surface area contributed by atoms with Gasteiger partial charge in [-0.2, -0.15) is 0 Å². The minimum atomic E-state index is -0.781. The van der Waals surface area contributed by atoms with Gasteiger partial charge >= 0.3 is 0 Å². The van der Waals surface area contributed by atoms with Crippen molar-refractivity contribution in [3.05, 3.63) is 63.4 Å². The number of Topliss-reactive ketones (excluding diaryl/α,β-unsaturated/α-hetero) is 1. The molecule has 3 rings (SSSR count). The highest BCUT2D eigenvalue weighted by Gasteiger charge is 2.46. The van der Waals surface area contributed by atoms with Crippen molar-refractivity contribution in [1.82, 2.24) is 14.8 Å². The van der Waals surface area contributed by atoms with Crippen LogP contribution in [0.15, 0.2) is 42.2 Å². The van der Waals surface area contributed by atoms with Gasteiger partial charge in [0.05, 0.1) is 29.3 Å². The second-order valence-corrected chi connectivity index (χ2v) is 8.11. The van der Waals surface area contributed by atoms with Crippen molar-refractivity contribution in [1.29, 1.82) is 0 Å². The first-order valence-corrected chi connectivity index (χ1v) is 11.0. The van der Waals surface area contributed by atoms with Crippen molar-refractivity contribution >= 4 is 40.7 Å². The number of nitrogens with zero attached hydrogens (tertiary/aromatic N) is 3. The number of hydrogen-bond donors (Lipinski definition) is 1. The van der Waals surface area contributed by atoms with Gasteiger partial charge in [0.15, 0.2) is 0 Å². The largest absolute Gasteiger partial charge is 0.507 e. The number of rotatable bonds is 8. The topological polar surface area (TPSA) is 83.0 Å². The summed E-state index contributed by atoms with van der Waals surface area (Å²) >= 11 is 12.4. The summed E-state index contributed by atoms with van der Waals surface area (Å²) in [5.41, 5.74) is 0.760. The van der Waals surface area contributed by atoms with Crippen LogP contribution >= 0.6 is 23.2 Å². The molecule has 32 heavy (non-hydrogen) atoms. The molecule has 2 heterocycles. The smallest absolute Gasteiger partial charge is 0.295 e. The van der Waals surface area contributed by atoms with Crippen LogP contribution in [0.2, 0.25) is 10.0 Å². The molecule has 1 fully saturated rings. The Bertz CT molecular complexity index is 1040. The molecule has 0 saturated carbocycles. The van der Waals surface area contributed by atoms with E-state index in [0.717, 1.165) is 13.1 Å². The molecule has 1 aromatic heterocycles. The lowest BCUT2D eigenvalue weighted by Gasteiger charge is -2.28. The number of halogens is 2. The maximum Gasteiger partial charge on any atom is 0.295 e. The minimum Gasteiger partial charge on any atom is -0.507 e. The molecule has 1 aliphatic heterocycles. The fourth-order valence-electron chi connectivity index (χ4n) is 3.88. The standard InChI is InChI=1S/C23H25Cl2N3O4/c1-4-27(5-2)10-11-28-19(14-6-8-26-9-7-14)18(21(30)23(28)31)20(29)16-12-15(24)13-17(25)22(16)32-3/h6-9,12-13,19,29H,4-5,10-11H2,1-3H3/b20-18+. The second kappa shape index (κ2) is 10.3. The Balaban J connectivity index is 2.17. The number of benzene rings is 1. The SMILES string of the molecule is CCN(CC)CCN1C(=O)C(=O)/C(=C(/O)c2cc(Cl)cc(Cl)c2OC)C1c1ccncc1. The Kier molecular flexibility index (Phi) is 7.77. The molecule has 9 heteroatoms. The molecule has 0 aliphatic carbocycles. The highest BCUT2D eigenvalue weighted by atomic mass is 35.5. The number of methoxy groups -OCH3 is 1. The number of aliphatic hydroxyl groups is 1. The number of pyridine rings is 1. The van der Waals surface area contributed by atoms with Crippen LogP contribution in [-0.2, 0) is 9.59 Å². The molecule has 1 aliphatic rings. The van der Waals surface area contributed by atoms with Crippen molar-refractivity contribution in [2.24, 2.45) is 0 Å². The lowest BCUT2D eigenvalue weighted by Crippen LogP contribution is -2.38. The molecular formula is C23H25Cl2N3O4. The number of hydrogen-bond acceptors (Lipinski definition) is 6. The summed E-state index contributed by atoms with van der Waals surface area (Å²) in [6.45, 7) is 6.62. The van der Waals surface area contributed by atoms with Crippen LogP contribution in [0.1, 0.15) is 31.0 Å². The number of ether oxygens (including phenoxy) is 1. The van der Waals surface area contributed by atoms with Crippen LogP contribution in [0.5, 0.6) is 5.75 Å². The Labute approximate surface area is 197 Å². The Hall–Kier alpha value is -2.61. The number of aromatic nitrogens is 1. The third kappa shape index (κ3) is 4.60. The normalized spacial score (nSPS) is 17.9. The van der Waals surface area contributed by atoms with Crippen molar-refractivity contribution in [2.75, 3.05) is 33.3 Å². The first-order valence-electron chi connectivity index (χ1n) is 10.3. The van der Waals surface area contributed by atoms with Crippen LogP contribution in [0.3, 0.4) is 0 Å². The van der Waals surface area contributed by atoms with E-state index in [1.807, 2.05) is 13.8 Å². The molecule has 0 radical (unpaired) electrons. The van der Waals surface area contributed by atoms with Gasteiger partial charge in [0, 0.05) is 30.5 Å².